The Balaban J connectivity index is 4.58. The lowest BCUT2D eigenvalue weighted by atomic mass is 10.2. The molecule has 0 spiro atoms. The van der Waals surface area contributed by atoms with Gasteiger partial charge in [-0.2, -0.15) is 5.06 Å². The third-order valence-electron chi connectivity index (χ3n) is 2.36. The van der Waals surface area contributed by atoms with Gasteiger partial charge in [-0.25, -0.2) is 0 Å². The molecule has 1 atom stereocenters. The molecule has 0 rings (SSSR count). The van der Waals surface area contributed by atoms with Crippen LogP contribution in [-0.4, -0.2) is 41.0 Å². The molecule has 0 aliphatic carbocycles. The number of hydrogen-bond donors (Lipinski definition) is 1. The fourth-order valence-corrected chi connectivity index (χ4v) is 1.68. The Morgan fingerprint density at radius 2 is 1.56 bits per heavy atom. The number of rotatable bonds is 10. The molecule has 0 aromatic rings. The molecule has 1 N–H and O–H groups in total. The molecule has 0 aliphatic heterocycles. The van der Waals surface area contributed by atoms with E-state index < -0.39 is 0 Å². The van der Waals surface area contributed by atoms with Gasteiger partial charge in [-0.1, -0.05) is 31.6 Å². The van der Waals surface area contributed by atoms with Crippen molar-refractivity contribution >= 4 is 0 Å². The van der Waals surface area contributed by atoms with Crippen LogP contribution < -0.4 is 0 Å². The minimum Gasteiger partial charge on any atom is -0.312 e. The van der Waals surface area contributed by atoms with Crippen molar-refractivity contribution in [2.24, 2.45) is 0 Å². The molecule has 0 saturated heterocycles. The highest BCUT2D eigenvalue weighted by molar-refractivity contribution is 4.84. The largest absolute Gasteiger partial charge is 0.312 e. The summed E-state index contributed by atoms with van der Waals surface area (Å²) >= 11 is 0. The molecule has 0 bridgehead atoms. The topological polar surface area (TPSA) is 26.7 Å². The van der Waals surface area contributed by atoms with Gasteiger partial charge in [-0.15, -0.1) is 19.7 Å². The molecular weight excluding hydrogens is 200 g/mol. The summed E-state index contributed by atoms with van der Waals surface area (Å²) in [4.78, 5) is 2.13. The maximum atomic E-state index is 9.92. The van der Waals surface area contributed by atoms with Gasteiger partial charge in [0.05, 0.1) is 6.17 Å². The maximum absolute atomic E-state index is 9.92. The number of hydroxylamine groups is 2. The Morgan fingerprint density at radius 3 is 1.94 bits per heavy atom. The second-order valence-electron chi connectivity index (χ2n) is 3.71. The fraction of sp³-hybridized carbons (Fsp3) is 0.538. The zero-order chi connectivity index (χ0) is 12.4. The Kier molecular flexibility index (Phi) is 8.81. The SMILES string of the molecule is C=CCN(O)C(CCC)N(CC=C)CC=C. The molecule has 0 amide bonds. The summed E-state index contributed by atoms with van der Waals surface area (Å²) in [6, 6.07) is 0. The molecule has 0 heterocycles. The van der Waals surface area contributed by atoms with Crippen LogP contribution >= 0.6 is 0 Å². The van der Waals surface area contributed by atoms with Crippen LogP contribution in [-0.2, 0) is 0 Å². The van der Waals surface area contributed by atoms with Crippen LogP contribution in [0.4, 0.5) is 0 Å². The number of nitrogens with zero attached hydrogens (tertiary/aromatic N) is 2. The van der Waals surface area contributed by atoms with E-state index in [0.717, 1.165) is 25.9 Å². The van der Waals surface area contributed by atoms with Crippen LogP contribution in [0.2, 0.25) is 0 Å². The first-order valence-corrected chi connectivity index (χ1v) is 5.73. The van der Waals surface area contributed by atoms with E-state index in [-0.39, 0.29) is 6.17 Å². The van der Waals surface area contributed by atoms with Crippen LogP contribution in [0, 0.1) is 0 Å². The van der Waals surface area contributed by atoms with Crippen molar-refractivity contribution in [3.8, 4) is 0 Å². The van der Waals surface area contributed by atoms with Gasteiger partial charge >= 0.3 is 0 Å². The van der Waals surface area contributed by atoms with Crippen LogP contribution in [0.1, 0.15) is 19.8 Å². The van der Waals surface area contributed by atoms with Crippen molar-refractivity contribution < 1.29 is 5.21 Å². The van der Waals surface area contributed by atoms with E-state index in [1.54, 1.807) is 6.08 Å². The predicted octanol–water partition coefficient (Wildman–Crippen LogP) is 2.66. The van der Waals surface area contributed by atoms with Gasteiger partial charge < -0.3 is 5.21 Å². The zero-order valence-electron chi connectivity index (χ0n) is 10.3. The molecule has 1 unspecified atom stereocenters. The Bertz CT molecular complexity index is 206. The average Bonchev–Trinajstić information content (AvgIpc) is 2.26. The summed E-state index contributed by atoms with van der Waals surface area (Å²) in [5, 5.41) is 11.2. The molecule has 0 saturated carbocycles. The van der Waals surface area contributed by atoms with E-state index in [4.69, 9.17) is 0 Å². The summed E-state index contributed by atoms with van der Waals surface area (Å²) in [6.45, 7) is 15.2. The monoisotopic (exact) mass is 224 g/mol. The minimum atomic E-state index is -0.000926. The standard InChI is InChI=1S/C13H24N2O/c1-5-9-13(15(16)12-8-4)14(10-6-2)11-7-3/h6-8,13,16H,2-5,9-12H2,1H3. The molecular formula is C13H24N2O. The van der Waals surface area contributed by atoms with E-state index >= 15 is 0 Å². The predicted molar refractivity (Wildman–Crippen MR) is 69.4 cm³/mol. The van der Waals surface area contributed by atoms with Gasteiger partial charge in [0.2, 0.25) is 0 Å². The molecule has 0 aromatic heterocycles. The van der Waals surface area contributed by atoms with Gasteiger partial charge in [0.1, 0.15) is 0 Å². The van der Waals surface area contributed by atoms with Gasteiger partial charge in [-0.05, 0) is 6.42 Å². The summed E-state index contributed by atoms with van der Waals surface area (Å²) in [5.74, 6) is 0. The lowest BCUT2D eigenvalue weighted by Gasteiger charge is -2.34. The van der Waals surface area contributed by atoms with Gasteiger partial charge in [0, 0.05) is 19.6 Å². The van der Waals surface area contributed by atoms with E-state index in [9.17, 15) is 5.21 Å². The van der Waals surface area contributed by atoms with Crippen molar-refractivity contribution in [1.29, 1.82) is 0 Å². The number of hydrogen-bond acceptors (Lipinski definition) is 3. The van der Waals surface area contributed by atoms with Crippen LogP contribution in [0.15, 0.2) is 38.0 Å². The summed E-state index contributed by atoms with van der Waals surface area (Å²) < 4.78 is 0. The molecule has 3 heteroatoms. The highest BCUT2D eigenvalue weighted by Crippen LogP contribution is 2.11. The zero-order valence-corrected chi connectivity index (χ0v) is 10.3. The second kappa shape index (κ2) is 9.33. The first kappa shape index (κ1) is 15.1. The van der Waals surface area contributed by atoms with Gasteiger partial charge in [-0.3, -0.25) is 4.90 Å². The minimum absolute atomic E-state index is 0.000926. The highest BCUT2D eigenvalue weighted by atomic mass is 16.5. The van der Waals surface area contributed by atoms with E-state index in [2.05, 4.69) is 31.6 Å². The third kappa shape index (κ3) is 5.26. The Labute approximate surface area is 99.3 Å². The fourth-order valence-electron chi connectivity index (χ4n) is 1.68. The summed E-state index contributed by atoms with van der Waals surface area (Å²) in [7, 11) is 0. The molecule has 0 radical (unpaired) electrons. The summed E-state index contributed by atoms with van der Waals surface area (Å²) in [5.41, 5.74) is 0. The first-order chi connectivity index (χ1) is 7.71. The van der Waals surface area contributed by atoms with Crippen molar-refractivity contribution in [2.75, 3.05) is 19.6 Å². The Hall–Kier alpha value is -0.900. The molecule has 92 valence electrons. The molecule has 0 fully saturated rings. The normalized spacial score (nSPS) is 12.8. The van der Waals surface area contributed by atoms with E-state index in [1.165, 1.54) is 5.06 Å². The van der Waals surface area contributed by atoms with Gasteiger partial charge in [0.15, 0.2) is 0 Å². The maximum Gasteiger partial charge on any atom is 0.0874 e. The lowest BCUT2D eigenvalue weighted by molar-refractivity contribution is -0.162. The van der Waals surface area contributed by atoms with Crippen molar-refractivity contribution in [2.45, 2.75) is 25.9 Å². The molecule has 0 aromatic carbocycles. The lowest BCUT2D eigenvalue weighted by Crippen LogP contribution is -2.47. The van der Waals surface area contributed by atoms with E-state index in [1.807, 2.05) is 12.2 Å². The first-order valence-electron chi connectivity index (χ1n) is 5.73. The van der Waals surface area contributed by atoms with Crippen LogP contribution in [0.25, 0.3) is 0 Å². The van der Waals surface area contributed by atoms with Crippen molar-refractivity contribution in [3.63, 3.8) is 0 Å². The molecule has 0 aliphatic rings. The Morgan fingerprint density at radius 1 is 1.06 bits per heavy atom. The molecule has 3 nitrogen and oxygen atoms in total. The quantitative estimate of drug-likeness (QED) is 0.351. The third-order valence-corrected chi connectivity index (χ3v) is 2.36. The highest BCUT2D eigenvalue weighted by Gasteiger charge is 2.20. The van der Waals surface area contributed by atoms with Crippen molar-refractivity contribution in [3.05, 3.63) is 38.0 Å². The smallest absolute Gasteiger partial charge is 0.0874 e. The van der Waals surface area contributed by atoms with Crippen LogP contribution in [0.3, 0.4) is 0 Å². The van der Waals surface area contributed by atoms with Crippen molar-refractivity contribution in [1.82, 2.24) is 9.96 Å². The second-order valence-corrected chi connectivity index (χ2v) is 3.71. The van der Waals surface area contributed by atoms with Crippen LogP contribution in [0.5, 0.6) is 0 Å². The average molecular weight is 224 g/mol. The molecule has 16 heavy (non-hydrogen) atoms. The summed E-state index contributed by atoms with van der Waals surface area (Å²) in [6.07, 6.45) is 7.30. The van der Waals surface area contributed by atoms with Gasteiger partial charge in [0.25, 0.3) is 0 Å². The van der Waals surface area contributed by atoms with E-state index in [0.29, 0.717) is 6.54 Å².